The molecule has 202 valence electrons. The fourth-order valence-corrected chi connectivity index (χ4v) is 4.46. The predicted octanol–water partition coefficient (Wildman–Crippen LogP) is 6.67. The number of hydrogen-bond donors (Lipinski definition) is 1. The van der Waals surface area contributed by atoms with Crippen LogP contribution in [0.4, 0.5) is 5.69 Å². The van der Waals surface area contributed by atoms with E-state index in [9.17, 15) is 9.59 Å². The Morgan fingerprint density at radius 2 is 1.65 bits per heavy atom. The lowest BCUT2D eigenvalue weighted by Crippen LogP contribution is -2.38. The Labute approximate surface area is 257 Å². The van der Waals surface area contributed by atoms with E-state index in [0.29, 0.717) is 21.3 Å². The van der Waals surface area contributed by atoms with Gasteiger partial charge in [0.15, 0.2) is 0 Å². The Bertz CT molecular complexity index is 1620. The second-order valence-electron chi connectivity index (χ2n) is 8.75. The molecule has 0 unspecified atom stereocenters. The zero-order valence-corrected chi connectivity index (χ0v) is 25.3. The molecule has 2 amide bonds. The molecule has 0 fully saturated rings. The minimum atomic E-state index is -0.256. The van der Waals surface area contributed by atoms with Crippen LogP contribution in [0.1, 0.15) is 26.4 Å². The van der Waals surface area contributed by atoms with E-state index in [0.717, 1.165) is 22.3 Å². The predicted molar refractivity (Wildman–Crippen MR) is 170 cm³/mol. The molecular formula is C31H26BrIN4O3. The van der Waals surface area contributed by atoms with Gasteiger partial charge in [-0.05, 0) is 64.5 Å². The standard InChI is InChI=1S/C31H25BrN4O3.HI/c32-25-17-24(19-33-20-25)31(38)36(27-9-2-1-3-10-27)16-15-34-30(37)23-8-6-11-28(18-23)39-21-26-14-13-22-7-4-5-12-29(22)35-26;/h1-14,17-20H,15-16,21H2,(H,34,37);1H. The van der Waals surface area contributed by atoms with E-state index >= 15 is 0 Å². The molecule has 0 spiro atoms. The van der Waals surface area contributed by atoms with Gasteiger partial charge < -0.3 is 15.0 Å². The van der Waals surface area contributed by atoms with Crippen molar-refractivity contribution in [1.29, 1.82) is 0 Å². The fourth-order valence-electron chi connectivity index (χ4n) is 4.10. The summed E-state index contributed by atoms with van der Waals surface area (Å²) in [5, 5.41) is 3.98. The molecule has 0 radical (unpaired) electrons. The van der Waals surface area contributed by atoms with Gasteiger partial charge >= 0.3 is 0 Å². The molecule has 2 aromatic heterocycles. The summed E-state index contributed by atoms with van der Waals surface area (Å²) < 4.78 is 6.63. The van der Waals surface area contributed by atoms with Gasteiger partial charge in [0.1, 0.15) is 12.4 Å². The minimum Gasteiger partial charge on any atom is -0.487 e. The summed E-state index contributed by atoms with van der Waals surface area (Å²) in [5.41, 5.74) is 3.35. The molecule has 0 atom stereocenters. The number of fused-ring (bicyclic) bond motifs is 1. The number of carbonyl (C=O) groups is 2. The van der Waals surface area contributed by atoms with Gasteiger partial charge in [-0.15, -0.1) is 24.0 Å². The normalized spacial score (nSPS) is 10.4. The number of benzene rings is 3. The molecule has 3 aromatic carbocycles. The topological polar surface area (TPSA) is 84.4 Å². The molecule has 0 aliphatic heterocycles. The maximum absolute atomic E-state index is 13.3. The van der Waals surface area contributed by atoms with Crippen LogP contribution in [0.3, 0.4) is 0 Å². The van der Waals surface area contributed by atoms with E-state index in [1.54, 1.807) is 41.4 Å². The number of nitrogens with zero attached hydrogens (tertiary/aromatic N) is 3. The van der Waals surface area contributed by atoms with Crippen molar-refractivity contribution in [3.63, 3.8) is 0 Å². The molecule has 0 saturated heterocycles. The van der Waals surface area contributed by atoms with Crippen LogP contribution in [-0.2, 0) is 6.61 Å². The van der Waals surface area contributed by atoms with Crippen molar-refractivity contribution in [1.82, 2.24) is 15.3 Å². The van der Waals surface area contributed by atoms with Crippen LogP contribution in [0.2, 0.25) is 0 Å². The van der Waals surface area contributed by atoms with E-state index < -0.39 is 0 Å². The maximum atomic E-state index is 13.3. The summed E-state index contributed by atoms with van der Waals surface area (Å²) in [6.07, 6.45) is 3.15. The lowest BCUT2D eigenvalue weighted by molar-refractivity contribution is 0.0942. The number of pyridine rings is 2. The van der Waals surface area contributed by atoms with Crippen molar-refractivity contribution in [2.45, 2.75) is 6.61 Å². The molecule has 0 saturated carbocycles. The van der Waals surface area contributed by atoms with Gasteiger partial charge in [-0.2, -0.15) is 0 Å². The van der Waals surface area contributed by atoms with Crippen molar-refractivity contribution in [3.05, 3.63) is 131 Å². The van der Waals surface area contributed by atoms with Crippen molar-refractivity contribution in [3.8, 4) is 5.75 Å². The van der Waals surface area contributed by atoms with E-state index in [2.05, 4.69) is 31.2 Å². The maximum Gasteiger partial charge on any atom is 0.259 e. The highest BCUT2D eigenvalue weighted by Crippen LogP contribution is 2.19. The summed E-state index contributed by atoms with van der Waals surface area (Å²) in [6.45, 7) is 0.826. The smallest absolute Gasteiger partial charge is 0.259 e. The molecule has 40 heavy (non-hydrogen) atoms. The highest BCUT2D eigenvalue weighted by atomic mass is 127. The summed E-state index contributed by atoms with van der Waals surface area (Å²) in [7, 11) is 0. The number of para-hydroxylation sites is 2. The van der Waals surface area contributed by atoms with Gasteiger partial charge in [-0.1, -0.05) is 48.5 Å². The molecule has 2 heterocycles. The number of rotatable bonds is 9. The minimum absolute atomic E-state index is 0. The van der Waals surface area contributed by atoms with Gasteiger partial charge in [-0.25, -0.2) is 4.98 Å². The highest BCUT2D eigenvalue weighted by molar-refractivity contribution is 14.0. The number of hydrogen-bond acceptors (Lipinski definition) is 5. The summed E-state index contributed by atoms with van der Waals surface area (Å²) in [5.74, 6) is 0.108. The first-order chi connectivity index (χ1) is 19.1. The molecule has 0 aliphatic carbocycles. The summed E-state index contributed by atoms with van der Waals surface area (Å²) in [6, 6.07) is 29.9. The average Bonchev–Trinajstić information content (AvgIpc) is 2.98. The van der Waals surface area contributed by atoms with Crippen LogP contribution < -0.4 is 15.0 Å². The lowest BCUT2D eigenvalue weighted by Gasteiger charge is -2.23. The van der Waals surface area contributed by atoms with E-state index in [1.807, 2.05) is 66.7 Å². The van der Waals surface area contributed by atoms with Crippen LogP contribution in [0.25, 0.3) is 10.9 Å². The number of nitrogens with one attached hydrogen (secondary N) is 1. The van der Waals surface area contributed by atoms with Gasteiger partial charge in [0.05, 0.1) is 16.8 Å². The molecule has 0 aliphatic rings. The van der Waals surface area contributed by atoms with Gasteiger partial charge in [0, 0.05) is 46.6 Å². The lowest BCUT2D eigenvalue weighted by atomic mass is 10.2. The quantitative estimate of drug-likeness (QED) is 0.173. The van der Waals surface area contributed by atoms with Crippen molar-refractivity contribution < 1.29 is 14.3 Å². The first-order valence-corrected chi connectivity index (χ1v) is 13.2. The van der Waals surface area contributed by atoms with Crippen molar-refractivity contribution >= 4 is 68.3 Å². The largest absolute Gasteiger partial charge is 0.487 e. The fraction of sp³-hybridized carbons (Fsp3) is 0.0968. The van der Waals surface area contributed by atoms with E-state index in [-0.39, 0.29) is 55.5 Å². The first-order valence-electron chi connectivity index (χ1n) is 12.4. The SMILES string of the molecule is I.O=C(NCCN(C(=O)c1cncc(Br)c1)c1ccccc1)c1cccc(OCc2ccc3ccccc3n2)c1. The number of aromatic nitrogens is 2. The molecular weight excluding hydrogens is 683 g/mol. The zero-order chi connectivity index (χ0) is 27.0. The first kappa shape index (κ1) is 29.2. The van der Waals surface area contributed by atoms with Crippen molar-refractivity contribution in [2.24, 2.45) is 0 Å². The van der Waals surface area contributed by atoms with Crippen LogP contribution in [0.15, 0.2) is 114 Å². The third-order valence-corrected chi connectivity index (χ3v) is 6.46. The van der Waals surface area contributed by atoms with Crippen LogP contribution in [0.5, 0.6) is 5.75 Å². The van der Waals surface area contributed by atoms with Crippen LogP contribution in [0, 0.1) is 0 Å². The van der Waals surface area contributed by atoms with E-state index in [4.69, 9.17) is 4.74 Å². The number of amides is 2. The third-order valence-electron chi connectivity index (χ3n) is 6.02. The molecule has 5 rings (SSSR count). The second-order valence-corrected chi connectivity index (χ2v) is 9.67. The molecule has 5 aromatic rings. The summed E-state index contributed by atoms with van der Waals surface area (Å²) >= 11 is 3.37. The van der Waals surface area contributed by atoms with Crippen molar-refractivity contribution in [2.75, 3.05) is 18.0 Å². The van der Waals surface area contributed by atoms with E-state index in [1.165, 1.54) is 6.20 Å². The zero-order valence-electron chi connectivity index (χ0n) is 21.4. The van der Waals surface area contributed by atoms with Crippen LogP contribution >= 0.6 is 39.9 Å². The number of anilines is 1. The van der Waals surface area contributed by atoms with Gasteiger partial charge in [-0.3, -0.25) is 14.6 Å². The van der Waals surface area contributed by atoms with Crippen LogP contribution in [-0.4, -0.2) is 34.9 Å². The molecule has 9 heteroatoms. The Hall–Kier alpha value is -3.83. The molecule has 0 bridgehead atoms. The Morgan fingerprint density at radius 3 is 2.48 bits per heavy atom. The monoisotopic (exact) mass is 708 g/mol. The van der Waals surface area contributed by atoms with Gasteiger partial charge in [0.25, 0.3) is 11.8 Å². The average molecular weight is 709 g/mol. The Morgan fingerprint density at radius 1 is 0.850 bits per heavy atom. The Balaban J connectivity index is 0.00000370. The number of halogens is 2. The van der Waals surface area contributed by atoms with Gasteiger partial charge in [0.2, 0.25) is 0 Å². The second kappa shape index (κ2) is 14.0. The molecule has 7 nitrogen and oxygen atoms in total. The summed E-state index contributed by atoms with van der Waals surface area (Å²) in [4.78, 5) is 36.6. The number of ether oxygens (including phenoxy) is 1. The number of carbonyl (C=O) groups excluding carboxylic acids is 2. The Kier molecular flexibility index (Phi) is 10.2. The highest BCUT2D eigenvalue weighted by Gasteiger charge is 2.19. The molecule has 1 N–H and O–H groups in total. The third kappa shape index (κ3) is 7.42.